The zero-order chi connectivity index (χ0) is 40.9. The Bertz CT molecular complexity index is 2170. The summed E-state index contributed by atoms with van der Waals surface area (Å²) in [7, 11) is 1.56. The number of carbonyl (C=O) groups is 2. The summed E-state index contributed by atoms with van der Waals surface area (Å²) in [5.41, 5.74) is 5.29. The van der Waals surface area contributed by atoms with Crippen LogP contribution < -0.4 is 14.2 Å². The molecule has 2 amide bonds. The van der Waals surface area contributed by atoms with Crippen LogP contribution in [0.2, 0.25) is 5.02 Å². The maximum Gasteiger partial charge on any atom is 0.416 e. The van der Waals surface area contributed by atoms with Gasteiger partial charge in [0.2, 0.25) is 5.88 Å². The van der Waals surface area contributed by atoms with Crippen molar-refractivity contribution >= 4 is 29.2 Å². The van der Waals surface area contributed by atoms with Crippen molar-refractivity contribution in [1.82, 2.24) is 20.2 Å². The van der Waals surface area contributed by atoms with Gasteiger partial charge in [-0.15, -0.1) is 0 Å². The predicted octanol–water partition coefficient (Wildman–Crippen LogP) is 7.47. The molecule has 3 aliphatic rings. The number of amides is 2. The fourth-order valence-electron chi connectivity index (χ4n) is 7.45. The van der Waals surface area contributed by atoms with Crippen LogP contribution in [0, 0.1) is 18.6 Å². The fraction of sp³-hybridized carbons (Fsp3) is 0.357. The van der Waals surface area contributed by atoms with E-state index in [4.69, 9.17) is 45.8 Å². The molecule has 7 rings (SSSR count). The molecular weight excluding hydrogens is 778 g/mol. The highest BCUT2D eigenvalue weighted by Gasteiger charge is 2.48. The quantitative estimate of drug-likeness (QED) is 0.0701. The number of ether oxygens (including phenoxy) is 4. The van der Waals surface area contributed by atoms with Gasteiger partial charge in [0.05, 0.1) is 51.0 Å². The first kappa shape index (κ1) is 41.0. The van der Waals surface area contributed by atoms with Crippen molar-refractivity contribution in [2.45, 2.75) is 70.3 Å². The number of methoxy groups -OCH3 is 1. The van der Waals surface area contributed by atoms with Crippen LogP contribution in [0.4, 0.5) is 13.6 Å². The Morgan fingerprint density at radius 1 is 1.02 bits per heavy atom. The number of aryl methyl sites for hydroxylation is 1. The van der Waals surface area contributed by atoms with Crippen molar-refractivity contribution in [2.75, 3.05) is 26.9 Å². The van der Waals surface area contributed by atoms with Crippen LogP contribution in [0.15, 0.2) is 78.5 Å². The Labute approximate surface area is 338 Å². The van der Waals surface area contributed by atoms with Crippen molar-refractivity contribution in [3.8, 4) is 17.4 Å². The van der Waals surface area contributed by atoms with Crippen molar-refractivity contribution in [2.24, 2.45) is 0 Å². The van der Waals surface area contributed by atoms with Gasteiger partial charge in [0.25, 0.3) is 5.91 Å². The van der Waals surface area contributed by atoms with Crippen LogP contribution >= 0.6 is 11.6 Å². The summed E-state index contributed by atoms with van der Waals surface area (Å²) in [5, 5.41) is 17.1. The van der Waals surface area contributed by atoms with Gasteiger partial charge in [0.15, 0.2) is 11.6 Å². The lowest BCUT2D eigenvalue weighted by atomic mass is 9.82. The maximum atomic E-state index is 15.1. The number of aromatic nitrogens is 1. The first-order valence-electron chi connectivity index (χ1n) is 18.9. The minimum Gasteiger partial charge on any atom is -0.489 e. The van der Waals surface area contributed by atoms with Crippen LogP contribution in [-0.4, -0.2) is 87.6 Å². The normalized spacial score (nSPS) is 17.7. The third kappa shape index (κ3) is 9.25. The second-order valence-corrected chi connectivity index (χ2v) is 14.7. The molecule has 2 unspecified atom stereocenters. The molecule has 1 saturated heterocycles. The number of pyridine rings is 1. The largest absolute Gasteiger partial charge is 0.489 e. The number of nitrogens with zero attached hydrogens (tertiary/aromatic N) is 4. The molecule has 1 saturated carbocycles. The first-order chi connectivity index (χ1) is 28.0. The Morgan fingerprint density at radius 2 is 1.79 bits per heavy atom. The molecule has 306 valence electrons. The van der Waals surface area contributed by atoms with E-state index in [0.717, 1.165) is 52.8 Å². The van der Waals surface area contributed by atoms with Crippen LogP contribution in [0.1, 0.15) is 53.5 Å². The van der Waals surface area contributed by atoms with Crippen molar-refractivity contribution in [3.63, 3.8) is 0 Å². The fourth-order valence-corrected chi connectivity index (χ4v) is 7.66. The molecule has 0 radical (unpaired) electrons. The molecule has 2 fully saturated rings. The average molecular weight is 821 g/mol. The van der Waals surface area contributed by atoms with E-state index in [9.17, 15) is 13.6 Å². The standard InChI is InChI=1S/C42H43ClF2N4O9/c1-25-29(16-17-46-40(25)54-2)21-47(30-12-13-30)41(50)37-33(28-10-8-26(9-11-28)6-4-18-56-39-35(45)15-14-34(44)38(39)43)20-31-23-55-24-36(37)48(31)42(51)58-32-7-3-5-27(19-32)22-57-49(52)53/h3,5,7-11,14-17,19,30-31,36,52-53H,4,6,12-13,18,20-24H2,1-2H3. The summed E-state index contributed by atoms with van der Waals surface area (Å²) in [6.07, 6.45) is 4.08. The number of benzene rings is 3. The van der Waals surface area contributed by atoms with E-state index in [1.807, 2.05) is 42.2 Å². The van der Waals surface area contributed by atoms with E-state index in [1.54, 1.807) is 42.5 Å². The Balaban J connectivity index is 1.17. The van der Waals surface area contributed by atoms with E-state index < -0.39 is 40.2 Å². The summed E-state index contributed by atoms with van der Waals surface area (Å²) < 4.78 is 50.9. The summed E-state index contributed by atoms with van der Waals surface area (Å²) in [6, 6.07) is 16.9. The molecule has 16 heteroatoms. The molecule has 2 aliphatic heterocycles. The van der Waals surface area contributed by atoms with Gasteiger partial charge in [0.1, 0.15) is 16.6 Å². The van der Waals surface area contributed by atoms with Crippen molar-refractivity contribution in [3.05, 3.63) is 123 Å². The smallest absolute Gasteiger partial charge is 0.416 e. The van der Waals surface area contributed by atoms with Gasteiger partial charge < -0.3 is 23.8 Å². The third-order valence-electron chi connectivity index (χ3n) is 10.5. The summed E-state index contributed by atoms with van der Waals surface area (Å²) in [5.74, 6) is -1.33. The number of rotatable bonds is 15. The molecule has 3 heterocycles. The van der Waals surface area contributed by atoms with Crippen LogP contribution in [0.5, 0.6) is 17.4 Å². The zero-order valence-electron chi connectivity index (χ0n) is 31.9. The Kier molecular flexibility index (Phi) is 12.9. The molecule has 1 aliphatic carbocycles. The van der Waals surface area contributed by atoms with Gasteiger partial charge in [-0.25, -0.2) is 23.4 Å². The zero-order valence-corrected chi connectivity index (χ0v) is 32.7. The van der Waals surface area contributed by atoms with Gasteiger partial charge in [-0.05, 0) is 97.2 Å². The Morgan fingerprint density at radius 3 is 2.53 bits per heavy atom. The van der Waals surface area contributed by atoms with Gasteiger partial charge in [-0.2, -0.15) is 0 Å². The molecule has 1 aromatic heterocycles. The molecular formula is C42H43ClF2N4O9. The second-order valence-electron chi connectivity index (χ2n) is 14.3. The molecule has 0 spiro atoms. The maximum absolute atomic E-state index is 15.1. The predicted molar refractivity (Wildman–Crippen MR) is 205 cm³/mol. The average Bonchev–Trinajstić information content (AvgIpc) is 4.06. The minimum atomic E-state index is -0.771. The molecule has 2 atom stereocenters. The number of fused-ring (bicyclic) bond motifs is 2. The van der Waals surface area contributed by atoms with Gasteiger partial charge in [-0.1, -0.05) is 48.0 Å². The third-order valence-corrected chi connectivity index (χ3v) is 10.9. The number of morpholine rings is 1. The molecule has 13 nitrogen and oxygen atoms in total. The topological polar surface area (TPSA) is 143 Å². The van der Waals surface area contributed by atoms with E-state index in [0.29, 0.717) is 42.8 Å². The van der Waals surface area contributed by atoms with Crippen molar-refractivity contribution in [1.29, 1.82) is 0 Å². The molecule has 4 aromatic rings. The Hall–Kier alpha value is -5.16. The summed E-state index contributed by atoms with van der Waals surface area (Å²) in [6.45, 7) is 2.44. The second kappa shape index (κ2) is 18.2. The minimum absolute atomic E-state index is 0.00139. The monoisotopic (exact) mass is 820 g/mol. The first-order valence-corrected chi connectivity index (χ1v) is 19.3. The van der Waals surface area contributed by atoms with E-state index in [-0.39, 0.29) is 49.9 Å². The van der Waals surface area contributed by atoms with Crippen LogP contribution in [0.25, 0.3) is 5.57 Å². The van der Waals surface area contributed by atoms with E-state index >= 15 is 4.79 Å². The summed E-state index contributed by atoms with van der Waals surface area (Å²) >= 11 is 5.91. The SMILES string of the molecule is COc1nccc(CN(C(=O)C2=C(c3ccc(CCCOc4c(F)ccc(F)c4Cl)cc3)CC3COCC2N3C(=O)Oc2cccc(CON(O)O)c2)C2CC2)c1C. The van der Waals surface area contributed by atoms with Gasteiger partial charge in [0, 0.05) is 29.9 Å². The van der Waals surface area contributed by atoms with Crippen LogP contribution in [-0.2, 0) is 33.9 Å². The number of carbonyl (C=O) groups excluding carboxylic acids is 2. The van der Waals surface area contributed by atoms with Crippen molar-refractivity contribution < 1.29 is 52.6 Å². The lowest BCUT2D eigenvalue weighted by molar-refractivity contribution is -0.497. The van der Waals surface area contributed by atoms with E-state index in [1.165, 1.54) is 0 Å². The number of halogens is 3. The lowest BCUT2D eigenvalue weighted by Crippen LogP contribution is -2.60. The van der Waals surface area contributed by atoms with Gasteiger partial charge >= 0.3 is 6.09 Å². The lowest BCUT2D eigenvalue weighted by Gasteiger charge is -2.47. The highest BCUT2D eigenvalue weighted by molar-refractivity contribution is 6.32. The molecule has 3 aromatic carbocycles. The highest BCUT2D eigenvalue weighted by Crippen LogP contribution is 2.41. The number of hydrogen-bond acceptors (Lipinski definition) is 11. The highest BCUT2D eigenvalue weighted by atomic mass is 35.5. The number of hydrogen-bond donors (Lipinski definition) is 2. The van der Waals surface area contributed by atoms with E-state index in [2.05, 4.69) is 4.98 Å². The summed E-state index contributed by atoms with van der Waals surface area (Å²) in [4.78, 5) is 41.7. The molecule has 2 N–H and O–H groups in total. The molecule has 58 heavy (non-hydrogen) atoms. The van der Waals surface area contributed by atoms with Gasteiger partial charge in [-0.3, -0.25) is 20.1 Å². The molecule has 2 bridgehead atoms. The van der Waals surface area contributed by atoms with Crippen LogP contribution in [0.3, 0.4) is 0 Å².